The van der Waals surface area contributed by atoms with Crippen LogP contribution >= 0.6 is 0 Å². The quantitative estimate of drug-likeness (QED) is 0.781. The van der Waals surface area contributed by atoms with Gasteiger partial charge in [-0.15, -0.1) is 0 Å². The molecule has 0 heterocycles. The minimum Gasteiger partial charge on any atom is -0.325 e. The van der Waals surface area contributed by atoms with Crippen molar-refractivity contribution in [1.29, 1.82) is 0 Å². The zero-order valence-electron chi connectivity index (χ0n) is 14.3. The van der Waals surface area contributed by atoms with Gasteiger partial charge >= 0.3 is 0 Å². The number of nitrogens with one attached hydrogen (secondary N) is 2. The van der Waals surface area contributed by atoms with Crippen molar-refractivity contribution in [2.75, 3.05) is 5.32 Å². The Labute approximate surface area is 145 Å². The summed E-state index contributed by atoms with van der Waals surface area (Å²) in [5.41, 5.74) is 1.28. The van der Waals surface area contributed by atoms with Gasteiger partial charge in [0.15, 0.2) is 5.78 Å². The van der Waals surface area contributed by atoms with Crippen LogP contribution in [0.4, 0.5) is 14.5 Å². The molecule has 0 spiro atoms. The number of halogens is 2. The van der Waals surface area contributed by atoms with E-state index in [9.17, 15) is 18.4 Å². The highest BCUT2D eigenvalue weighted by molar-refractivity contribution is 5.98. The molecule has 0 aliphatic rings. The summed E-state index contributed by atoms with van der Waals surface area (Å²) < 4.78 is 26.8. The third-order valence-corrected chi connectivity index (χ3v) is 3.86. The van der Waals surface area contributed by atoms with Gasteiger partial charge in [0.25, 0.3) is 0 Å². The van der Waals surface area contributed by atoms with Gasteiger partial charge in [0.1, 0.15) is 11.6 Å². The number of benzene rings is 2. The first-order valence-electron chi connectivity index (χ1n) is 7.91. The number of carbonyl (C=O) groups is 2. The lowest BCUT2D eigenvalue weighted by Gasteiger charge is -2.20. The van der Waals surface area contributed by atoms with Crippen molar-refractivity contribution in [2.45, 2.75) is 32.9 Å². The lowest BCUT2D eigenvalue weighted by Crippen LogP contribution is -2.39. The van der Waals surface area contributed by atoms with Crippen molar-refractivity contribution in [1.82, 2.24) is 5.32 Å². The first-order chi connectivity index (χ1) is 11.8. The molecular formula is C19H20F2N2O2. The number of ketones is 1. The predicted octanol–water partition coefficient (Wildman–Crippen LogP) is 3.85. The molecule has 0 saturated carbocycles. The van der Waals surface area contributed by atoms with Gasteiger partial charge in [-0.3, -0.25) is 14.9 Å². The topological polar surface area (TPSA) is 58.2 Å². The van der Waals surface area contributed by atoms with Crippen molar-refractivity contribution in [3.8, 4) is 0 Å². The summed E-state index contributed by atoms with van der Waals surface area (Å²) in [4.78, 5) is 23.7. The van der Waals surface area contributed by atoms with Crippen molar-refractivity contribution in [3.63, 3.8) is 0 Å². The van der Waals surface area contributed by atoms with Crippen LogP contribution in [0, 0.1) is 11.6 Å². The Morgan fingerprint density at radius 3 is 2.40 bits per heavy atom. The van der Waals surface area contributed by atoms with Crippen LogP contribution in [0.5, 0.6) is 0 Å². The zero-order chi connectivity index (χ0) is 18.6. The van der Waals surface area contributed by atoms with Crippen molar-refractivity contribution < 1.29 is 18.4 Å². The molecule has 0 radical (unpaired) electrons. The van der Waals surface area contributed by atoms with Crippen LogP contribution in [-0.2, 0) is 4.79 Å². The molecule has 2 aromatic carbocycles. The van der Waals surface area contributed by atoms with Crippen LogP contribution in [0.1, 0.15) is 42.7 Å². The van der Waals surface area contributed by atoms with E-state index in [0.717, 1.165) is 6.07 Å². The Morgan fingerprint density at radius 1 is 1.04 bits per heavy atom. The van der Waals surface area contributed by atoms with E-state index in [0.29, 0.717) is 11.3 Å². The molecule has 4 nitrogen and oxygen atoms in total. The molecule has 2 atom stereocenters. The largest absolute Gasteiger partial charge is 0.325 e. The maximum atomic E-state index is 13.8. The smallest absolute Gasteiger partial charge is 0.241 e. The maximum Gasteiger partial charge on any atom is 0.241 e. The van der Waals surface area contributed by atoms with Gasteiger partial charge in [-0.25, -0.2) is 8.78 Å². The summed E-state index contributed by atoms with van der Waals surface area (Å²) >= 11 is 0. The van der Waals surface area contributed by atoms with Gasteiger partial charge in [-0.1, -0.05) is 18.2 Å². The van der Waals surface area contributed by atoms with Gasteiger partial charge in [0.05, 0.1) is 6.04 Å². The summed E-state index contributed by atoms with van der Waals surface area (Å²) in [6.07, 6.45) is 0. The monoisotopic (exact) mass is 346 g/mol. The SMILES string of the molecule is CC(=O)c1cccc(NC(=O)[C@@H](C)N[C@@H](C)c2ccc(F)cc2F)c1. The number of rotatable bonds is 6. The highest BCUT2D eigenvalue weighted by Gasteiger charge is 2.19. The number of hydrogen-bond donors (Lipinski definition) is 2. The minimum atomic E-state index is -0.665. The molecule has 0 aliphatic carbocycles. The second-order valence-electron chi connectivity index (χ2n) is 5.90. The molecule has 0 aromatic heterocycles. The molecule has 0 unspecified atom stereocenters. The maximum absolute atomic E-state index is 13.8. The highest BCUT2D eigenvalue weighted by Crippen LogP contribution is 2.18. The number of Topliss-reactive ketones (excluding diaryl/α,β-unsaturated/α-hetero) is 1. The molecule has 0 bridgehead atoms. The normalized spacial score (nSPS) is 13.2. The average molecular weight is 346 g/mol. The molecule has 0 aliphatic heterocycles. The fourth-order valence-corrected chi connectivity index (χ4v) is 2.46. The molecule has 1 amide bonds. The Bertz CT molecular complexity index is 793. The van der Waals surface area contributed by atoms with Crippen LogP contribution in [-0.4, -0.2) is 17.7 Å². The summed E-state index contributed by atoms with van der Waals surface area (Å²) in [6.45, 7) is 4.78. The van der Waals surface area contributed by atoms with Gasteiger partial charge in [0.2, 0.25) is 5.91 Å². The number of amides is 1. The molecule has 6 heteroatoms. The molecule has 2 rings (SSSR count). The molecule has 0 saturated heterocycles. The van der Waals surface area contributed by atoms with E-state index in [4.69, 9.17) is 0 Å². The number of carbonyl (C=O) groups excluding carboxylic acids is 2. The van der Waals surface area contributed by atoms with E-state index in [1.54, 1.807) is 38.1 Å². The van der Waals surface area contributed by atoms with Crippen molar-refractivity contribution >= 4 is 17.4 Å². The van der Waals surface area contributed by atoms with Crippen LogP contribution < -0.4 is 10.6 Å². The zero-order valence-corrected chi connectivity index (χ0v) is 14.3. The first kappa shape index (κ1) is 18.7. The molecule has 2 aromatic rings. The van der Waals surface area contributed by atoms with Crippen LogP contribution in [0.3, 0.4) is 0 Å². The van der Waals surface area contributed by atoms with Gasteiger partial charge in [-0.2, -0.15) is 0 Å². The van der Waals surface area contributed by atoms with Gasteiger partial charge in [0, 0.05) is 28.9 Å². The second-order valence-corrected chi connectivity index (χ2v) is 5.90. The Kier molecular flexibility index (Phi) is 5.98. The average Bonchev–Trinajstić information content (AvgIpc) is 2.54. The van der Waals surface area contributed by atoms with Crippen molar-refractivity contribution in [2.24, 2.45) is 0 Å². The summed E-state index contributed by atoms with van der Waals surface area (Å²) in [5, 5.41) is 5.68. The van der Waals surface area contributed by atoms with Crippen LogP contribution in [0.15, 0.2) is 42.5 Å². The summed E-state index contributed by atoms with van der Waals surface area (Å²) in [6, 6.07) is 8.85. The first-order valence-corrected chi connectivity index (χ1v) is 7.91. The second kappa shape index (κ2) is 7.98. The van der Waals surface area contributed by atoms with E-state index in [1.807, 2.05) is 0 Å². The van der Waals surface area contributed by atoms with E-state index < -0.39 is 23.7 Å². The molecule has 0 fully saturated rings. The van der Waals surface area contributed by atoms with Gasteiger partial charge < -0.3 is 5.32 Å². The summed E-state index contributed by atoms with van der Waals surface area (Å²) in [7, 11) is 0. The molecule has 25 heavy (non-hydrogen) atoms. The third-order valence-electron chi connectivity index (χ3n) is 3.86. The fraction of sp³-hybridized carbons (Fsp3) is 0.263. The minimum absolute atomic E-state index is 0.0947. The number of hydrogen-bond acceptors (Lipinski definition) is 3. The summed E-state index contributed by atoms with van der Waals surface area (Å²) in [5.74, 6) is -1.73. The van der Waals surface area contributed by atoms with E-state index >= 15 is 0 Å². The molecule has 2 N–H and O–H groups in total. The standard InChI is InChI=1S/C19H20F2N2O2/c1-11(17-8-7-15(20)10-18(17)21)22-12(2)19(25)23-16-6-4-5-14(9-16)13(3)24/h4-12,22H,1-3H3,(H,23,25)/t11-,12+/m0/s1. The Balaban J connectivity index is 2.02. The molecular weight excluding hydrogens is 326 g/mol. The van der Waals surface area contributed by atoms with E-state index in [-0.39, 0.29) is 17.3 Å². The lowest BCUT2D eigenvalue weighted by atomic mass is 10.1. The lowest BCUT2D eigenvalue weighted by molar-refractivity contribution is -0.117. The van der Waals surface area contributed by atoms with Crippen LogP contribution in [0.2, 0.25) is 0 Å². The number of anilines is 1. The predicted molar refractivity (Wildman–Crippen MR) is 92.4 cm³/mol. The fourth-order valence-electron chi connectivity index (χ4n) is 2.46. The van der Waals surface area contributed by atoms with E-state index in [1.165, 1.54) is 19.1 Å². The van der Waals surface area contributed by atoms with Gasteiger partial charge in [-0.05, 0) is 39.0 Å². The van der Waals surface area contributed by atoms with Crippen molar-refractivity contribution in [3.05, 3.63) is 65.2 Å². The Morgan fingerprint density at radius 2 is 1.76 bits per heavy atom. The molecule has 132 valence electrons. The van der Waals surface area contributed by atoms with E-state index in [2.05, 4.69) is 10.6 Å². The third kappa shape index (κ3) is 4.93. The van der Waals surface area contributed by atoms with Crippen LogP contribution in [0.25, 0.3) is 0 Å². The highest BCUT2D eigenvalue weighted by atomic mass is 19.1. The Hall–Kier alpha value is -2.60.